The lowest BCUT2D eigenvalue weighted by atomic mass is 9.97. The Balaban J connectivity index is 1.45. The Kier molecular flexibility index (Phi) is 6.02. The highest BCUT2D eigenvalue weighted by molar-refractivity contribution is 6.03. The van der Waals surface area contributed by atoms with Gasteiger partial charge in [-0.25, -0.2) is 9.67 Å². The van der Waals surface area contributed by atoms with Gasteiger partial charge in [0.15, 0.2) is 5.69 Å². The van der Waals surface area contributed by atoms with Crippen molar-refractivity contribution in [3.05, 3.63) is 54.0 Å². The summed E-state index contributed by atoms with van der Waals surface area (Å²) >= 11 is 0. The van der Waals surface area contributed by atoms with Gasteiger partial charge in [0, 0.05) is 19.2 Å². The van der Waals surface area contributed by atoms with E-state index in [1.165, 1.54) is 0 Å². The van der Waals surface area contributed by atoms with Crippen LogP contribution in [-0.2, 0) is 4.79 Å². The molecule has 0 saturated carbocycles. The molecule has 0 aliphatic carbocycles. The van der Waals surface area contributed by atoms with Crippen molar-refractivity contribution in [2.75, 3.05) is 30.4 Å². The molecule has 3 heterocycles. The van der Waals surface area contributed by atoms with E-state index < -0.39 is 0 Å². The van der Waals surface area contributed by atoms with Gasteiger partial charge >= 0.3 is 0 Å². The number of nitrogens with two attached hydrogens (primary N) is 1. The molecule has 3 N–H and O–H groups in total. The first-order valence-electron chi connectivity index (χ1n) is 10.3. The summed E-state index contributed by atoms with van der Waals surface area (Å²) in [5.41, 5.74) is 7.56. The molecule has 1 aliphatic heterocycles. The van der Waals surface area contributed by atoms with Crippen LogP contribution in [0.15, 0.2) is 42.6 Å². The van der Waals surface area contributed by atoms with Gasteiger partial charge in [0.05, 0.1) is 36.3 Å². The lowest BCUT2D eigenvalue weighted by molar-refractivity contribution is -0.122. The molecule has 1 atom stereocenters. The van der Waals surface area contributed by atoms with E-state index in [0.717, 1.165) is 30.9 Å². The van der Waals surface area contributed by atoms with Gasteiger partial charge in [-0.15, -0.1) is 5.10 Å². The fraction of sp³-hybridized carbons (Fsp3) is 0.318. The molecule has 0 radical (unpaired) electrons. The van der Waals surface area contributed by atoms with Crippen LogP contribution in [-0.4, -0.2) is 52.0 Å². The van der Waals surface area contributed by atoms with E-state index in [4.69, 9.17) is 10.5 Å². The molecular formula is C22H25N7O3. The molecule has 1 saturated heterocycles. The number of piperidine rings is 1. The molecule has 2 amide bonds. The molecule has 1 aromatic carbocycles. The van der Waals surface area contributed by atoms with Crippen molar-refractivity contribution in [2.45, 2.75) is 19.8 Å². The molecule has 10 heteroatoms. The third-order valence-corrected chi connectivity index (χ3v) is 5.56. The number of anilines is 2. The number of aromatic nitrogens is 4. The summed E-state index contributed by atoms with van der Waals surface area (Å²) in [4.78, 5) is 30.7. The van der Waals surface area contributed by atoms with Crippen LogP contribution in [0.4, 0.5) is 11.5 Å². The second-order valence-electron chi connectivity index (χ2n) is 7.68. The topological polar surface area (TPSA) is 128 Å². The van der Waals surface area contributed by atoms with Gasteiger partial charge in [-0.2, -0.15) is 0 Å². The number of nitrogens with one attached hydrogen (secondary N) is 1. The van der Waals surface area contributed by atoms with E-state index in [1.54, 1.807) is 31.0 Å². The highest BCUT2D eigenvalue weighted by atomic mass is 16.5. The summed E-state index contributed by atoms with van der Waals surface area (Å²) < 4.78 is 6.83. The van der Waals surface area contributed by atoms with Crippen molar-refractivity contribution in [3.8, 4) is 11.4 Å². The number of hydrogen-bond acceptors (Lipinski definition) is 7. The third kappa shape index (κ3) is 4.39. The summed E-state index contributed by atoms with van der Waals surface area (Å²) in [5.74, 6) is 0.605. The number of hydrogen-bond donors (Lipinski definition) is 2. The normalized spacial score (nSPS) is 15.9. The molecule has 3 aromatic rings. The Morgan fingerprint density at radius 3 is 2.81 bits per heavy atom. The first-order chi connectivity index (χ1) is 15.5. The van der Waals surface area contributed by atoms with Crippen molar-refractivity contribution in [1.82, 2.24) is 20.0 Å². The van der Waals surface area contributed by atoms with Crippen molar-refractivity contribution in [1.29, 1.82) is 0 Å². The van der Waals surface area contributed by atoms with Gasteiger partial charge in [0.2, 0.25) is 5.91 Å². The van der Waals surface area contributed by atoms with Gasteiger partial charge in [-0.1, -0.05) is 11.3 Å². The number of pyridine rings is 1. The van der Waals surface area contributed by atoms with Gasteiger partial charge in [-0.05, 0) is 44.0 Å². The average Bonchev–Trinajstić information content (AvgIpc) is 3.21. The predicted molar refractivity (Wildman–Crippen MR) is 119 cm³/mol. The Hall–Kier alpha value is -3.95. The maximum Gasteiger partial charge on any atom is 0.278 e. The van der Waals surface area contributed by atoms with Crippen LogP contribution in [0.5, 0.6) is 5.75 Å². The van der Waals surface area contributed by atoms with E-state index in [1.807, 2.05) is 35.2 Å². The Labute approximate surface area is 185 Å². The maximum absolute atomic E-state index is 12.8. The Bertz CT molecular complexity index is 1130. The van der Waals surface area contributed by atoms with E-state index in [0.29, 0.717) is 23.7 Å². The zero-order chi connectivity index (χ0) is 22.7. The minimum Gasteiger partial charge on any atom is -0.497 e. The van der Waals surface area contributed by atoms with Gasteiger partial charge in [0.1, 0.15) is 11.6 Å². The fourth-order valence-electron chi connectivity index (χ4n) is 3.78. The first-order valence-corrected chi connectivity index (χ1v) is 10.3. The number of primary amides is 1. The molecule has 0 spiro atoms. The monoisotopic (exact) mass is 435 g/mol. The quantitative estimate of drug-likeness (QED) is 0.605. The van der Waals surface area contributed by atoms with Crippen LogP contribution in [0, 0.1) is 12.8 Å². The summed E-state index contributed by atoms with van der Waals surface area (Å²) in [5, 5.41) is 11.0. The molecule has 32 heavy (non-hydrogen) atoms. The number of carbonyl (C=O) groups is 2. The molecule has 4 rings (SSSR count). The Morgan fingerprint density at radius 2 is 2.09 bits per heavy atom. The van der Waals surface area contributed by atoms with E-state index >= 15 is 0 Å². The summed E-state index contributed by atoms with van der Waals surface area (Å²) in [6.07, 6.45) is 3.27. The second-order valence-corrected chi connectivity index (χ2v) is 7.68. The molecule has 10 nitrogen and oxygen atoms in total. The van der Waals surface area contributed by atoms with Crippen LogP contribution in [0.3, 0.4) is 0 Å². The van der Waals surface area contributed by atoms with Gasteiger partial charge < -0.3 is 20.7 Å². The molecule has 2 aromatic heterocycles. The molecular weight excluding hydrogens is 410 g/mol. The smallest absolute Gasteiger partial charge is 0.278 e. The average molecular weight is 435 g/mol. The van der Waals surface area contributed by atoms with Crippen LogP contribution < -0.4 is 20.7 Å². The van der Waals surface area contributed by atoms with Crippen molar-refractivity contribution in [3.63, 3.8) is 0 Å². The molecule has 1 aliphatic rings. The van der Waals surface area contributed by atoms with Crippen molar-refractivity contribution >= 4 is 23.3 Å². The van der Waals surface area contributed by atoms with Crippen LogP contribution in [0.2, 0.25) is 0 Å². The SMILES string of the molecule is COc1cccc(-n2nnc(C(=O)Nc3ccc(N4CCCC(C(N)=O)C4)nc3)c2C)c1. The minimum atomic E-state index is -0.377. The third-order valence-electron chi connectivity index (χ3n) is 5.56. The Morgan fingerprint density at radius 1 is 1.25 bits per heavy atom. The van der Waals surface area contributed by atoms with Gasteiger partial charge in [0.25, 0.3) is 5.91 Å². The number of carbonyl (C=O) groups excluding carboxylic acids is 2. The lowest BCUT2D eigenvalue weighted by Gasteiger charge is -2.32. The van der Waals surface area contributed by atoms with Crippen LogP contribution >= 0.6 is 0 Å². The number of ether oxygens (including phenoxy) is 1. The fourth-order valence-corrected chi connectivity index (χ4v) is 3.78. The number of benzene rings is 1. The summed E-state index contributed by atoms with van der Waals surface area (Å²) in [6.45, 7) is 3.15. The molecule has 1 unspecified atom stereocenters. The maximum atomic E-state index is 12.8. The molecule has 166 valence electrons. The number of rotatable bonds is 6. The minimum absolute atomic E-state index is 0.167. The standard InChI is InChI=1S/C22H25N7O3/c1-14-20(26-27-29(14)17-6-3-7-18(11-17)32-2)22(31)25-16-8-9-19(24-12-16)28-10-4-5-15(13-28)21(23)30/h3,6-9,11-12,15H,4-5,10,13H2,1-2H3,(H2,23,30)(H,25,31). The summed E-state index contributed by atoms with van der Waals surface area (Å²) in [6, 6.07) is 10.9. The second kappa shape index (κ2) is 9.04. The van der Waals surface area contributed by atoms with E-state index in [9.17, 15) is 9.59 Å². The predicted octanol–water partition coefficient (Wildman–Crippen LogP) is 1.93. The lowest BCUT2D eigenvalue weighted by Crippen LogP contribution is -2.41. The first kappa shape index (κ1) is 21.3. The van der Waals surface area contributed by atoms with Gasteiger partial charge in [-0.3, -0.25) is 9.59 Å². The number of methoxy groups -OCH3 is 1. The summed E-state index contributed by atoms with van der Waals surface area (Å²) in [7, 11) is 1.59. The largest absolute Gasteiger partial charge is 0.497 e. The van der Waals surface area contributed by atoms with E-state index in [-0.39, 0.29) is 23.4 Å². The zero-order valence-corrected chi connectivity index (χ0v) is 18.0. The van der Waals surface area contributed by atoms with E-state index in [2.05, 4.69) is 20.6 Å². The zero-order valence-electron chi connectivity index (χ0n) is 18.0. The van der Waals surface area contributed by atoms with Crippen molar-refractivity contribution < 1.29 is 14.3 Å². The molecule has 0 bridgehead atoms. The van der Waals surface area contributed by atoms with Crippen molar-refractivity contribution in [2.24, 2.45) is 11.7 Å². The highest BCUT2D eigenvalue weighted by Crippen LogP contribution is 2.23. The number of nitrogens with zero attached hydrogens (tertiary/aromatic N) is 5. The highest BCUT2D eigenvalue weighted by Gasteiger charge is 2.25. The number of amides is 2. The molecule has 1 fully saturated rings. The van der Waals surface area contributed by atoms with Crippen LogP contribution in [0.1, 0.15) is 29.0 Å². The van der Waals surface area contributed by atoms with Crippen LogP contribution in [0.25, 0.3) is 5.69 Å².